The van der Waals surface area contributed by atoms with E-state index in [-0.39, 0.29) is 0 Å². The van der Waals surface area contributed by atoms with Crippen LogP contribution in [0.2, 0.25) is 0 Å². The smallest absolute Gasteiger partial charge is 0.180 e. The van der Waals surface area contributed by atoms with Crippen LogP contribution in [0.25, 0.3) is 16.9 Å². The van der Waals surface area contributed by atoms with Crippen molar-refractivity contribution in [2.75, 3.05) is 18.9 Å². The Hall–Kier alpha value is -3.47. The number of ether oxygens (including phenoxy) is 2. The molecule has 0 aliphatic heterocycles. The normalized spacial score (nSPS) is 10.9. The highest BCUT2D eigenvalue weighted by Crippen LogP contribution is 2.25. The molecule has 0 aliphatic carbocycles. The van der Waals surface area contributed by atoms with Crippen molar-refractivity contribution >= 4 is 11.3 Å². The van der Waals surface area contributed by atoms with Crippen molar-refractivity contribution in [1.29, 1.82) is 0 Å². The van der Waals surface area contributed by atoms with Crippen LogP contribution in [0.1, 0.15) is 5.56 Å². The predicted octanol–water partition coefficient (Wildman–Crippen LogP) is 4.35. The lowest BCUT2D eigenvalue weighted by Gasteiger charge is -2.09. The first-order chi connectivity index (χ1) is 13.2. The van der Waals surface area contributed by atoms with Crippen molar-refractivity contribution < 1.29 is 9.47 Å². The van der Waals surface area contributed by atoms with Gasteiger partial charge in [0.2, 0.25) is 0 Å². The van der Waals surface area contributed by atoms with E-state index < -0.39 is 0 Å². The van der Waals surface area contributed by atoms with Crippen molar-refractivity contribution in [2.45, 2.75) is 6.92 Å². The quantitative estimate of drug-likeness (QED) is 0.411. The lowest BCUT2D eigenvalue weighted by Crippen LogP contribution is -2.09. The molecule has 5 nitrogen and oxygen atoms in total. The Morgan fingerprint density at radius 1 is 0.926 bits per heavy atom. The van der Waals surface area contributed by atoms with Crippen LogP contribution in [0.15, 0.2) is 73.1 Å². The lowest BCUT2D eigenvalue weighted by molar-refractivity contribution is 0.218. The minimum absolute atomic E-state index is 0.442. The number of nitrogens with zero attached hydrogens (tertiary/aromatic N) is 2. The molecule has 27 heavy (non-hydrogen) atoms. The number of nitrogen functional groups attached to an aromatic ring is 1. The van der Waals surface area contributed by atoms with Crippen molar-refractivity contribution in [2.24, 2.45) is 0 Å². The van der Waals surface area contributed by atoms with Gasteiger partial charge in [-0.1, -0.05) is 29.8 Å². The summed E-state index contributed by atoms with van der Waals surface area (Å²) in [6, 6.07) is 19.5. The van der Waals surface area contributed by atoms with Crippen LogP contribution < -0.4 is 15.2 Å². The number of anilines is 1. The maximum atomic E-state index is 5.90. The maximum absolute atomic E-state index is 5.90. The van der Waals surface area contributed by atoms with Crippen LogP contribution in [0, 0.1) is 6.92 Å². The first kappa shape index (κ1) is 17.0. The summed E-state index contributed by atoms with van der Waals surface area (Å²) in [7, 11) is 0. The van der Waals surface area contributed by atoms with E-state index in [1.807, 2.05) is 77.5 Å². The Kier molecular flexibility index (Phi) is 4.66. The molecule has 0 spiro atoms. The Labute approximate surface area is 158 Å². The summed E-state index contributed by atoms with van der Waals surface area (Å²) >= 11 is 0. The molecule has 2 N–H and O–H groups in total. The summed E-state index contributed by atoms with van der Waals surface area (Å²) in [4.78, 5) is 4.72. The molecule has 0 fully saturated rings. The topological polar surface area (TPSA) is 61.8 Å². The highest BCUT2D eigenvalue weighted by atomic mass is 16.5. The first-order valence-electron chi connectivity index (χ1n) is 8.85. The van der Waals surface area contributed by atoms with Gasteiger partial charge < -0.3 is 19.6 Å². The minimum Gasteiger partial charge on any atom is -0.490 e. The molecule has 2 heterocycles. The molecule has 0 bridgehead atoms. The third-order valence-corrected chi connectivity index (χ3v) is 4.28. The molecular formula is C22H21N3O2. The zero-order chi connectivity index (χ0) is 18.6. The van der Waals surface area contributed by atoms with Crippen LogP contribution in [0.3, 0.4) is 0 Å². The van der Waals surface area contributed by atoms with E-state index in [1.54, 1.807) is 0 Å². The van der Waals surface area contributed by atoms with Crippen LogP contribution in [0.4, 0.5) is 5.69 Å². The van der Waals surface area contributed by atoms with Gasteiger partial charge in [-0.3, -0.25) is 0 Å². The van der Waals surface area contributed by atoms with E-state index in [9.17, 15) is 0 Å². The van der Waals surface area contributed by atoms with Gasteiger partial charge in [0.05, 0.1) is 5.69 Å². The van der Waals surface area contributed by atoms with Gasteiger partial charge in [0.1, 0.15) is 19.0 Å². The van der Waals surface area contributed by atoms with Gasteiger partial charge in [0.15, 0.2) is 11.4 Å². The fourth-order valence-corrected chi connectivity index (χ4v) is 2.84. The van der Waals surface area contributed by atoms with Crippen molar-refractivity contribution in [1.82, 2.24) is 9.38 Å². The second-order valence-corrected chi connectivity index (χ2v) is 6.36. The molecule has 2 aromatic heterocycles. The first-order valence-corrected chi connectivity index (χ1v) is 8.85. The van der Waals surface area contributed by atoms with Crippen LogP contribution in [-0.4, -0.2) is 22.6 Å². The molecular weight excluding hydrogens is 338 g/mol. The van der Waals surface area contributed by atoms with Gasteiger partial charge in [0, 0.05) is 23.6 Å². The third kappa shape index (κ3) is 3.87. The lowest BCUT2D eigenvalue weighted by atomic mass is 10.1. The summed E-state index contributed by atoms with van der Waals surface area (Å²) < 4.78 is 13.6. The van der Waals surface area contributed by atoms with Gasteiger partial charge in [-0.05, 0) is 43.3 Å². The SMILES string of the molecule is Cc1ccc(OCCOc2cccn3cc(-c4ccc(N)cc4)nc23)cc1. The zero-order valence-corrected chi connectivity index (χ0v) is 15.1. The van der Waals surface area contributed by atoms with Gasteiger partial charge in [0.25, 0.3) is 0 Å². The third-order valence-electron chi connectivity index (χ3n) is 4.28. The molecule has 2 aromatic carbocycles. The number of imidazole rings is 1. The fourth-order valence-electron chi connectivity index (χ4n) is 2.84. The summed E-state index contributed by atoms with van der Waals surface area (Å²) in [5.41, 5.74) is 10.4. The number of hydrogen-bond donors (Lipinski definition) is 1. The molecule has 4 aromatic rings. The fraction of sp³-hybridized carbons (Fsp3) is 0.136. The van der Waals surface area contributed by atoms with E-state index in [1.165, 1.54) is 5.56 Å². The number of aromatic nitrogens is 2. The van der Waals surface area contributed by atoms with Crippen LogP contribution >= 0.6 is 0 Å². The van der Waals surface area contributed by atoms with Gasteiger partial charge in [-0.25, -0.2) is 4.98 Å². The van der Waals surface area contributed by atoms with Crippen LogP contribution in [0.5, 0.6) is 11.5 Å². The van der Waals surface area contributed by atoms with E-state index in [0.717, 1.165) is 34.1 Å². The number of fused-ring (bicyclic) bond motifs is 1. The molecule has 0 saturated carbocycles. The van der Waals surface area contributed by atoms with Gasteiger partial charge in [-0.2, -0.15) is 0 Å². The second kappa shape index (κ2) is 7.41. The molecule has 136 valence electrons. The summed E-state index contributed by atoms with van der Waals surface area (Å²) in [5, 5.41) is 0. The number of pyridine rings is 1. The number of benzene rings is 2. The molecule has 0 saturated heterocycles. The average molecular weight is 359 g/mol. The summed E-state index contributed by atoms with van der Waals surface area (Å²) in [6.45, 7) is 2.96. The largest absolute Gasteiger partial charge is 0.490 e. The van der Waals surface area contributed by atoms with Crippen molar-refractivity contribution in [3.63, 3.8) is 0 Å². The Morgan fingerprint density at radius 2 is 1.67 bits per heavy atom. The van der Waals surface area contributed by atoms with E-state index >= 15 is 0 Å². The molecule has 4 rings (SSSR count). The molecule has 0 aliphatic rings. The summed E-state index contributed by atoms with van der Waals surface area (Å²) in [6.07, 6.45) is 3.94. The number of aryl methyl sites for hydroxylation is 1. The average Bonchev–Trinajstić information content (AvgIpc) is 3.12. The van der Waals surface area contributed by atoms with Crippen molar-refractivity contribution in [3.8, 4) is 22.8 Å². The Bertz CT molecular complexity index is 1040. The molecule has 0 radical (unpaired) electrons. The zero-order valence-electron chi connectivity index (χ0n) is 15.1. The van der Waals surface area contributed by atoms with E-state index in [2.05, 4.69) is 6.92 Å². The second-order valence-electron chi connectivity index (χ2n) is 6.36. The number of nitrogens with two attached hydrogens (primary N) is 1. The predicted molar refractivity (Wildman–Crippen MR) is 107 cm³/mol. The molecule has 5 heteroatoms. The number of hydrogen-bond acceptors (Lipinski definition) is 4. The highest BCUT2D eigenvalue weighted by Gasteiger charge is 2.09. The molecule has 0 unspecified atom stereocenters. The van der Waals surface area contributed by atoms with Gasteiger partial charge in [-0.15, -0.1) is 0 Å². The standard InChI is InChI=1S/C22H21N3O2/c1-16-4-10-19(11-5-16)26-13-14-27-21-3-2-12-25-15-20(24-22(21)25)17-6-8-18(23)9-7-17/h2-12,15H,13-14,23H2,1H3. The summed E-state index contributed by atoms with van der Waals surface area (Å²) in [5.74, 6) is 1.57. The van der Waals surface area contributed by atoms with Crippen molar-refractivity contribution in [3.05, 3.63) is 78.6 Å². The minimum atomic E-state index is 0.442. The molecule has 0 amide bonds. The highest BCUT2D eigenvalue weighted by molar-refractivity contribution is 5.67. The number of rotatable bonds is 6. The van der Waals surface area contributed by atoms with E-state index in [0.29, 0.717) is 13.2 Å². The Balaban J connectivity index is 1.45. The van der Waals surface area contributed by atoms with Crippen LogP contribution in [-0.2, 0) is 0 Å². The van der Waals surface area contributed by atoms with Gasteiger partial charge >= 0.3 is 0 Å². The monoisotopic (exact) mass is 359 g/mol. The molecule has 0 atom stereocenters. The Morgan fingerprint density at radius 3 is 2.44 bits per heavy atom. The maximum Gasteiger partial charge on any atom is 0.180 e. The van der Waals surface area contributed by atoms with E-state index in [4.69, 9.17) is 20.2 Å².